The molecule has 0 bridgehead atoms. The lowest BCUT2D eigenvalue weighted by Crippen LogP contribution is -3.19. The van der Waals surface area contributed by atoms with Crippen LogP contribution in [0, 0.1) is 6.92 Å². The fourth-order valence-corrected chi connectivity index (χ4v) is 4.86. The van der Waals surface area contributed by atoms with Gasteiger partial charge in [-0.05, 0) is 82.6 Å². The zero-order valence-corrected chi connectivity index (χ0v) is 16.5. The van der Waals surface area contributed by atoms with Crippen LogP contribution < -0.4 is 15.5 Å². The summed E-state index contributed by atoms with van der Waals surface area (Å²) in [5, 5.41) is 7.49. The minimum Gasteiger partial charge on any atom is -0.357 e. The summed E-state index contributed by atoms with van der Waals surface area (Å²) in [5.74, 6) is 0. The van der Waals surface area contributed by atoms with Gasteiger partial charge in [-0.1, -0.05) is 24.1 Å². The SMILES string of the molecule is Cc1ccc(NC(=S)NCC[NH+](C2CCCCC2)C2CCCC2)cc1. The molecule has 1 aromatic rings. The van der Waals surface area contributed by atoms with E-state index in [-0.39, 0.29) is 0 Å². The van der Waals surface area contributed by atoms with E-state index in [1.165, 1.54) is 69.9 Å². The van der Waals surface area contributed by atoms with Gasteiger partial charge in [-0.2, -0.15) is 0 Å². The van der Waals surface area contributed by atoms with Crippen molar-refractivity contribution in [2.24, 2.45) is 0 Å². The molecule has 0 radical (unpaired) electrons. The lowest BCUT2D eigenvalue weighted by atomic mass is 9.93. The summed E-state index contributed by atoms with van der Waals surface area (Å²) in [6.45, 7) is 4.27. The Bertz CT molecular complexity index is 531. The molecule has 3 nitrogen and oxygen atoms in total. The standard InChI is InChI=1S/C21H33N3S/c1-17-11-13-18(14-12-17)23-21(25)22-15-16-24(20-9-5-6-10-20)19-7-3-2-4-8-19/h11-14,19-20H,2-10,15-16H2,1H3,(H2,22,23,25)/p+1. The normalized spacial score (nSPS) is 20.4. The van der Waals surface area contributed by atoms with Crippen LogP contribution in [0.1, 0.15) is 63.4 Å². The average Bonchev–Trinajstić information content (AvgIpc) is 3.16. The van der Waals surface area contributed by atoms with E-state index in [9.17, 15) is 0 Å². The van der Waals surface area contributed by atoms with Crippen LogP contribution in [-0.2, 0) is 0 Å². The Morgan fingerprint density at radius 3 is 2.12 bits per heavy atom. The molecule has 0 amide bonds. The Balaban J connectivity index is 1.46. The largest absolute Gasteiger partial charge is 0.357 e. The van der Waals surface area contributed by atoms with Gasteiger partial charge in [-0.15, -0.1) is 0 Å². The zero-order chi connectivity index (χ0) is 17.5. The molecule has 1 atom stereocenters. The highest BCUT2D eigenvalue weighted by Crippen LogP contribution is 2.20. The van der Waals surface area contributed by atoms with Crippen LogP contribution in [0.25, 0.3) is 0 Å². The third kappa shape index (κ3) is 5.68. The van der Waals surface area contributed by atoms with Crippen molar-refractivity contribution in [1.82, 2.24) is 5.32 Å². The summed E-state index contributed by atoms with van der Waals surface area (Å²) in [4.78, 5) is 1.86. The third-order valence-corrected chi connectivity index (χ3v) is 6.26. The lowest BCUT2D eigenvalue weighted by Gasteiger charge is -2.35. The molecule has 4 heteroatoms. The molecule has 3 rings (SSSR count). The van der Waals surface area contributed by atoms with Gasteiger partial charge in [0.25, 0.3) is 0 Å². The maximum Gasteiger partial charge on any atom is 0.170 e. The minimum absolute atomic E-state index is 0.748. The predicted molar refractivity (Wildman–Crippen MR) is 110 cm³/mol. The second-order valence-electron chi connectivity index (χ2n) is 7.89. The number of hydrogen-bond donors (Lipinski definition) is 3. The first-order valence-electron chi connectivity index (χ1n) is 10.2. The number of aryl methyl sites for hydroxylation is 1. The summed E-state index contributed by atoms with van der Waals surface area (Å²) in [6.07, 6.45) is 12.9. The van der Waals surface area contributed by atoms with Crippen molar-refractivity contribution >= 4 is 23.0 Å². The molecule has 1 aromatic carbocycles. The second kappa shape index (κ2) is 9.54. The maximum absolute atomic E-state index is 5.48. The van der Waals surface area contributed by atoms with Crippen molar-refractivity contribution in [3.8, 4) is 0 Å². The molecule has 2 aliphatic carbocycles. The first kappa shape index (κ1) is 18.7. The highest BCUT2D eigenvalue weighted by Gasteiger charge is 2.32. The van der Waals surface area contributed by atoms with Crippen LogP contribution in [0.4, 0.5) is 5.69 Å². The highest BCUT2D eigenvalue weighted by atomic mass is 32.1. The van der Waals surface area contributed by atoms with Crippen LogP contribution in [0.3, 0.4) is 0 Å². The van der Waals surface area contributed by atoms with E-state index in [1.54, 1.807) is 0 Å². The van der Waals surface area contributed by atoms with E-state index in [0.29, 0.717) is 0 Å². The summed E-state index contributed by atoms with van der Waals surface area (Å²) < 4.78 is 0. The molecule has 0 heterocycles. The summed E-state index contributed by atoms with van der Waals surface area (Å²) in [6, 6.07) is 10.2. The fourth-order valence-electron chi connectivity index (χ4n) is 4.64. The van der Waals surface area contributed by atoms with Crippen molar-refractivity contribution in [3.63, 3.8) is 0 Å². The van der Waals surface area contributed by atoms with Gasteiger partial charge in [0.05, 0.1) is 25.2 Å². The molecular weight excluding hydrogens is 326 g/mol. The number of quaternary nitrogens is 1. The number of rotatable bonds is 6. The zero-order valence-electron chi connectivity index (χ0n) is 15.7. The van der Waals surface area contributed by atoms with Gasteiger partial charge in [0.15, 0.2) is 5.11 Å². The summed E-state index contributed by atoms with van der Waals surface area (Å²) in [5.41, 5.74) is 2.34. The number of hydrogen-bond acceptors (Lipinski definition) is 1. The molecule has 0 aliphatic heterocycles. The van der Waals surface area contributed by atoms with E-state index >= 15 is 0 Å². The number of nitrogens with one attached hydrogen (secondary N) is 3. The molecule has 2 fully saturated rings. The Hall–Kier alpha value is -1.13. The van der Waals surface area contributed by atoms with Crippen molar-refractivity contribution in [3.05, 3.63) is 29.8 Å². The molecule has 138 valence electrons. The van der Waals surface area contributed by atoms with Crippen molar-refractivity contribution < 1.29 is 4.90 Å². The van der Waals surface area contributed by atoms with Gasteiger partial charge in [0.2, 0.25) is 0 Å². The molecule has 25 heavy (non-hydrogen) atoms. The van der Waals surface area contributed by atoms with Gasteiger partial charge >= 0.3 is 0 Å². The summed E-state index contributed by atoms with van der Waals surface area (Å²) >= 11 is 5.48. The number of benzene rings is 1. The average molecular weight is 361 g/mol. The molecule has 3 N–H and O–H groups in total. The molecule has 2 saturated carbocycles. The van der Waals surface area contributed by atoms with Gasteiger partial charge in [0.1, 0.15) is 0 Å². The summed E-state index contributed by atoms with van der Waals surface area (Å²) in [7, 11) is 0. The first-order chi connectivity index (χ1) is 12.2. The predicted octanol–water partition coefficient (Wildman–Crippen LogP) is 3.44. The number of anilines is 1. The highest BCUT2D eigenvalue weighted by molar-refractivity contribution is 7.80. The Morgan fingerprint density at radius 1 is 0.960 bits per heavy atom. The van der Waals surface area contributed by atoms with Crippen molar-refractivity contribution in [2.45, 2.75) is 76.8 Å². The van der Waals surface area contributed by atoms with Crippen LogP contribution in [0.15, 0.2) is 24.3 Å². The molecule has 0 saturated heterocycles. The van der Waals surface area contributed by atoms with Crippen LogP contribution in [0.5, 0.6) is 0 Å². The molecule has 0 aromatic heterocycles. The van der Waals surface area contributed by atoms with E-state index in [0.717, 1.165) is 29.4 Å². The fraction of sp³-hybridized carbons (Fsp3) is 0.667. The van der Waals surface area contributed by atoms with Gasteiger partial charge in [0, 0.05) is 5.69 Å². The third-order valence-electron chi connectivity index (χ3n) is 6.02. The molecule has 2 aliphatic rings. The minimum atomic E-state index is 0.748. The van der Waals surface area contributed by atoms with Crippen LogP contribution >= 0.6 is 12.2 Å². The Kier molecular flexibility index (Phi) is 7.12. The van der Waals surface area contributed by atoms with Gasteiger partial charge < -0.3 is 15.5 Å². The van der Waals surface area contributed by atoms with Crippen molar-refractivity contribution in [2.75, 3.05) is 18.4 Å². The van der Waals surface area contributed by atoms with E-state index in [4.69, 9.17) is 12.2 Å². The van der Waals surface area contributed by atoms with Crippen molar-refractivity contribution in [1.29, 1.82) is 0 Å². The van der Waals surface area contributed by atoms with E-state index < -0.39 is 0 Å². The topological polar surface area (TPSA) is 28.5 Å². The maximum atomic E-state index is 5.48. The molecule has 0 spiro atoms. The van der Waals surface area contributed by atoms with Crippen LogP contribution in [-0.4, -0.2) is 30.3 Å². The lowest BCUT2D eigenvalue weighted by molar-refractivity contribution is -0.949. The smallest absolute Gasteiger partial charge is 0.170 e. The van der Waals surface area contributed by atoms with Gasteiger partial charge in [-0.25, -0.2) is 0 Å². The molecule has 1 unspecified atom stereocenters. The second-order valence-corrected chi connectivity index (χ2v) is 8.30. The quantitative estimate of drug-likeness (QED) is 0.679. The van der Waals surface area contributed by atoms with Gasteiger partial charge in [-0.3, -0.25) is 0 Å². The van der Waals surface area contributed by atoms with E-state index in [2.05, 4.69) is 41.8 Å². The van der Waals surface area contributed by atoms with Crippen LogP contribution in [0.2, 0.25) is 0 Å². The Morgan fingerprint density at radius 2 is 1.52 bits per heavy atom. The monoisotopic (exact) mass is 360 g/mol. The Labute approximate surface area is 158 Å². The van der Waals surface area contributed by atoms with E-state index in [1.807, 2.05) is 4.90 Å². The first-order valence-corrected chi connectivity index (χ1v) is 10.6. The molecular formula is C21H34N3S+. The number of thiocarbonyl (C=S) groups is 1.